The zero-order chi connectivity index (χ0) is 19.3. The van der Waals surface area contributed by atoms with Gasteiger partial charge in [-0.2, -0.15) is 13.2 Å². The van der Waals surface area contributed by atoms with Crippen molar-refractivity contribution < 1.29 is 21.6 Å². The summed E-state index contributed by atoms with van der Waals surface area (Å²) in [6.45, 7) is 1.49. The Kier molecular flexibility index (Phi) is 4.48. The van der Waals surface area contributed by atoms with Crippen LogP contribution in [0.25, 0.3) is 22.6 Å². The quantitative estimate of drug-likeness (QED) is 0.660. The van der Waals surface area contributed by atoms with Crippen molar-refractivity contribution in [2.45, 2.75) is 18.0 Å². The van der Waals surface area contributed by atoms with Crippen LogP contribution in [-0.4, -0.2) is 28.7 Å². The molecule has 0 spiro atoms. The molecule has 0 unspecified atom stereocenters. The van der Waals surface area contributed by atoms with Crippen molar-refractivity contribution in [1.82, 2.24) is 14.5 Å². The van der Waals surface area contributed by atoms with Gasteiger partial charge >= 0.3 is 6.18 Å². The van der Waals surface area contributed by atoms with Crippen molar-refractivity contribution in [1.29, 1.82) is 0 Å². The van der Waals surface area contributed by atoms with Gasteiger partial charge in [-0.05, 0) is 24.3 Å². The number of sulfone groups is 1. The van der Waals surface area contributed by atoms with E-state index in [-0.39, 0.29) is 38.2 Å². The number of halogens is 4. The molecular weight excluding hydrogens is 391 g/mol. The summed E-state index contributed by atoms with van der Waals surface area (Å²) in [5.41, 5.74) is -0.438. The second kappa shape index (κ2) is 6.24. The van der Waals surface area contributed by atoms with Gasteiger partial charge in [-0.15, -0.1) is 0 Å². The third-order valence-corrected chi connectivity index (χ3v) is 5.94. The topological polar surface area (TPSA) is 64.8 Å². The molecule has 0 radical (unpaired) electrons. The number of aryl methyl sites for hydroxylation is 1. The first-order valence-electron chi connectivity index (χ1n) is 7.47. The van der Waals surface area contributed by atoms with Gasteiger partial charge in [-0.1, -0.05) is 18.5 Å². The summed E-state index contributed by atoms with van der Waals surface area (Å²) in [7, 11) is -2.07. The van der Waals surface area contributed by atoms with Crippen molar-refractivity contribution >= 4 is 32.6 Å². The van der Waals surface area contributed by atoms with Crippen LogP contribution in [0.15, 0.2) is 35.4 Å². The van der Waals surface area contributed by atoms with Crippen LogP contribution in [-0.2, 0) is 23.1 Å². The smallest absolute Gasteiger partial charge is 0.312 e. The maximum atomic E-state index is 12.9. The summed E-state index contributed by atoms with van der Waals surface area (Å²) in [5, 5.41) is 0.233. The van der Waals surface area contributed by atoms with Gasteiger partial charge in [0, 0.05) is 23.8 Å². The van der Waals surface area contributed by atoms with Gasteiger partial charge in [-0.3, -0.25) is 0 Å². The Bertz CT molecular complexity index is 1110. The monoisotopic (exact) mass is 403 g/mol. The molecule has 0 N–H and O–H groups in total. The summed E-state index contributed by atoms with van der Waals surface area (Å²) >= 11 is 5.93. The van der Waals surface area contributed by atoms with Crippen LogP contribution in [0.5, 0.6) is 0 Å². The fourth-order valence-corrected chi connectivity index (χ4v) is 3.91. The highest BCUT2D eigenvalue weighted by molar-refractivity contribution is 7.91. The average molecular weight is 404 g/mol. The molecule has 2 aromatic heterocycles. The Morgan fingerprint density at radius 1 is 1.23 bits per heavy atom. The normalized spacial score (nSPS) is 12.7. The highest BCUT2D eigenvalue weighted by Crippen LogP contribution is 2.34. The second-order valence-electron chi connectivity index (χ2n) is 5.60. The molecule has 138 valence electrons. The molecule has 0 aliphatic rings. The third-order valence-electron chi connectivity index (χ3n) is 3.94. The fraction of sp³-hybridized carbons (Fsp3) is 0.250. The molecule has 10 heteroatoms. The number of fused-ring (bicyclic) bond motifs is 1. The number of hydrogen-bond donors (Lipinski definition) is 0. The van der Waals surface area contributed by atoms with Gasteiger partial charge in [0.1, 0.15) is 11.3 Å². The number of imidazole rings is 1. The van der Waals surface area contributed by atoms with Crippen LogP contribution < -0.4 is 0 Å². The maximum Gasteiger partial charge on any atom is 0.417 e. The van der Waals surface area contributed by atoms with Crippen LogP contribution in [0.2, 0.25) is 5.02 Å². The summed E-state index contributed by atoms with van der Waals surface area (Å²) in [6.07, 6.45) is -3.82. The van der Waals surface area contributed by atoms with E-state index < -0.39 is 21.6 Å². The Morgan fingerprint density at radius 3 is 2.54 bits per heavy atom. The molecule has 3 aromatic rings. The molecule has 0 atom stereocenters. The van der Waals surface area contributed by atoms with Crippen LogP contribution in [0.4, 0.5) is 13.2 Å². The van der Waals surface area contributed by atoms with Gasteiger partial charge in [0.15, 0.2) is 15.5 Å². The lowest BCUT2D eigenvalue weighted by Gasteiger charge is -2.10. The van der Waals surface area contributed by atoms with E-state index in [1.807, 2.05) is 0 Å². The number of alkyl halides is 3. The van der Waals surface area contributed by atoms with E-state index in [2.05, 4.69) is 9.97 Å². The molecule has 0 aliphatic carbocycles. The largest absolute Gasteiger partial charge is 0.417 e. The van der Waals surface area contributed by atoms with E-state index >= 15 is 0 Å². The van der Waals surface area contributed by atoms with Crippen LogP contribution >= 0.6 is 11.6 Å². The van der Waals surface area contributed by atoms with Crippen molar-refractivity contribution in [2.24, 2.45) is 7.05 Å². The van der Waals surface area contributed by atoms with E-state index in [0.717, 1.165) is 12.3 Å². The lowest BCUT2D eigenvalue weighted by Crippen LogP contribution is -2.07. The Morgan fingerprint density at radius 2 is 1.92 bits per heavy atom. The predicted molar refractivity (Wildman–Crippen MR) is 91.7 cm³/mol. The number of nitrogens with zero attached hydrogens (tertiary/aromatic N) is 3. The van der Waals surface area contributed by atoms with E-state index in [0.29, 0.717) is 0 Å². The molecule has 0 saturated carbocycles. The molecular formula is C16H13ClF3N3O2S. The van der Waals surface area contributed by atoms with E-state index in [1.165, 1.54) is 29.7 Å². The van der Waals surface area contributed by atoms with Gasteiger partial charge in [0.05, 0.1) is 16.2 Å². The number of benzene rings is 1. The van der Waals surface area contributed by atoms with Gasteiger partial charge < -0.3 is 4.57 Å². The number of aromatic nitrogens is 3. The summed E-state index contributed by atoms with van der Waals surface area (Å²) in [4.78, 5) is 7.99. The molecule has 2 heterocycles. The van der Waals surface area contributed by atoms with Crippen LogP contribution in [0.3, 0.4) is 0 Å². The second-order valence-corrected chi connectivity index (χ2v) is 8.29. The zero-order valence-corrected chi connectivity index (χ0v) is 15.2. The molecule has 5 nitrogen and oxygen atoms in total. The van der Waals surface area contributed by atoms with Crippen molar-refractivity contribution in [3.8, 4) is 11.4 Å². The summed E-state index contributed by atoms with van der Waals surface area (Å²) < 4.78 is 64.9. The van der Waals surface area contributed by atoms with Crippen LogP contribution in [0.1, 0.15) is 12.5 Å². The molecule has 0 amide bonds. The average Bonchev–Trinajstić information content (AvgIpc) is 2.90. The first-order chi connectivity index (χ1) is 12.0. The molecule has 0 aliphatic heterocycles. The highest BCUT2D eigenvalue weighted by Gasteiger charge is 2.32. The predicted octanol–water partition coefficient (Wildman–Crippen LogP) is 4.10. The lowest BCUT2D eigenvalue weighted by molar-refractivity contribution is -0.137. The van der Waals surface area contributed by atoms with Gasteiger partial charge in [0.25, 0.3) is 0 Å². The minimum absolute atomic E-state index is 0.0205. The van der Waals surface area contributed by atoms with Crippen molar-refractivity contribution in [2.75, 3.05) is 5.75 Å². The SMILES string of the molecule is CCS(=O)(=O)c1cc(Cl)ccc1-c1nc2cc(C(F)(F)F)cnc2n1C. The first-order valence-corrected chi connectivity index (χ1v) is 9.50. The number of rotatable bonds is 3. The van der Waals surface area contributed by atoms with Gasteiger partial charge in [-0.25, -0.2) is 18.4 Å². The molecule has 1 aromatic carbocycles. The number of pyridine rings is 1. The fourth-order valence-electron chi connectivity index (χ4n) is 2.57. The minimum atomic E-state index is -4.55. The molecule has 26 heavy (non-hydrogen) atoms. The first kappa shape index (κ1) is 18.7. The molecule has 3 rings (SSSR count). The van der Waals surface area contributed by atoms with Crippen molar-refractivity contribution in [3.05, 3.63) is 41.0 Å². The minimum Gasteiger partial charge on any atom is -0.312 e. The van der Waals surface area contributed by atoms with Crippen molar-refractivity contribution in [3.63, 3.8) is 0 Å². The lowest BCUT2D eigenvalue weighted by atomic mass is 10.2. The number of hydrogen-bond acceptors (Lipinski definition) is 4. The Labute approximate surface area is 152 Å². The zero-order valence-electron chi connectivity index (χ0n) is 13.7. The van der Waals surface area contributed by atoms with E-state index in [1.54, 1.807) is 7.05 Å². The van der Waals surface area contributed by atoms with Gasteiger partial charge in [0.2, 0.25) is 0 Å². The Balaban J connectivity index is 2.29. The highest BCUT2D eigenvalue weighted by atomic mass is 35.5. The summed E-state index contributed by atoms with van der Waals surface area (Å²) in [6, 6.07) is 5.18. The standard InChI is InChI=1S/C16H13ClF3N3O2S/c1-3-26(24,25)13-7-10(17)4-5-11(13)14-22-12-6-9(16(18,19)20)8-21-15(12)23(14)2/h4-8H,3H2,1-2H3. The Hall–Kier alpha value is -2.13. The molecule has 0 bridgehead atoms. The van der Waals surface area contributed by atoms with E-state index in [4.69, 9.17) is 11.6 Å². The van der Waals surface area contributed by atoms with Crippen LogP contribution in [0, 0.1) is 0 Å². The van der Waals surface area contributed by atoms with E-state index in [9.17, 15) is 21.6 Å². The molecule has 0 saturated heterocycles. The third kappa shape index (κ3) is 3.16. The summed E-state index contributed by atoms with van der Waals surface area (Å²) in [5.74, 6) is 0.0383. The maximum absolute atomic E-state index is 12.9. The molecule has 0 fully saturated rings.